The van der Waals surface area contributed by atoms with Crippen molar-refractivity contribution >= 4 is 46.0 Å². The third kappa shape index (κ3) is 5.22. The molecular formula is C38H34N6O5. The number of anilines is 1. The van der Waals surface area contributed by atoms with Crippen molar-refractivity contribution < 1.29 is 23.9 Å². The summed E-state index contributed by atoms with van der Waals surface area (Å²) < 4.78 is 10.7. The molecular weight excluding hydrogens is 620 g/mol. The van der Waals surface area contributed by atoms with Gasteiger partial charge in [-0.1, -0.05) is 65.9 Å². The molecule has 11 heteroatoms. The van der Waals surface area contributed by atoms with Crippen LogP contribution < -0.4 is 14.4 Å². The fourth-order valence-electron chi connectivity index (χ4n) is 7.45. The standard InChI is InChI=1S/C38H34N6O5/c1-48-27-17-13-23(14-18-27)21-26-9-5-11-30-33(26)40-44(35(30)25-15-19-28(49-2)20-16-25)32(45)22-42-36-34(39-41-42)37(46)43(38(36)47)31-12-6-8-24-7-3-4-10-29(24)31/h3-4,6-8,10,12-21,30,34-36H,5,9,11,22H2,1-2H3/b26-21-. The molecule has 0 bridgehead atoms. The predicted octanol–water partition coefficient (Wildman–Crippen LogP) is 5.97. The number of ether oxygens (including phenoxy) is 2. The van der Waals surface area contributed by atoms with E-state index in [1.54, 1.807) is 25.3 Å². The first-order valence-electron chi connectivity index (χ1n) is 16.4. The maximum absolute atomic E-state index is 14.3. The maximum Gasteiger partial charge on any atom is 0.264 e. The second-order valence-electron chi connectivity index (χ2n) is 12.6. The summed E-state index contributed by atoms with van der Waals surface area (Å²) in [6.07, 6.45) is 4.78. The van der Waals surface area contributed by atoms with Crippen LogP contribution in [0.15, 0.2) is 112 Å². The number of hydrogen-bond acceptors (Lipinski definition) is 9. The van der Waals surface area contributed by atoms with Crippen LogP contribution in [0.2, 0.25) is 0 Å². The van der Waals surface area contributed by atoms with Gasteiger partial charge in [0, 0.05) is 11.3 Å². The summed E-state index contributed by atoms with van der Waals surface area (Å²) in [5, 5.41) is 17.9. The van der Waals surface area contributed by atoms with E-state index in [1.165, 1.54) is 9.91 Å². The monoisotopic (exact) mass is 654 g/mol. The molecule has 4 aromatic carbocycles. The van der Waals surface area contributed by atoms with Crippen LogP contribution in [0.3, 0.4) is 0 Å². The van der Waals surface area contributed by atoms with Crippen LogP contribution in [0.4, 0.5) is 5.69 Å². The molecule has 1 saturated carbocycles. The highest BCUT2D eigenvalue weighted by Gasteiger charge is 2.56. The third-order valence-corrected chi connectivity index (χ3v) is 9.83. The lowest BCUT2D eigenvalue weighted by Gasteiger charge is -2.30. The van der Waals surface area contributed by atoms with Crippen molar-refractivity contribution in [2.75, 3.05) is 25.7 Å². The molecule has 3 amide bonds. The van der Waals surface area contributed by atoms with Gasteiger partial charge in [-0.2, -0.15) is 10.2 Å². The molecule has 3 aliphatic heterocycles. The summed E-state index contributed by atoms with van der Waals surface area (Å²) in [4.78, 5) is 43.0. The van der Waals surface area contributed by atoms with Crippen molar-refractivity contribution in [3.8, 4) is 11.5 Å². The molecule has 1 aliphatic carbocycles. The zero-order valence-corrected chi connectivity index (χ0v) is 27.1. The average molecular weight is 655 g/mol. The van der Waals surface area contributed by atoms with E-state index in [0.717, 1.165) is 58.2 Å². The smallest absolute Gasteiger partial charge is 0.264 e. The van der Waals surface area contributed by atoms with Gasteiger partial charge >= 0.3 is 0 Å². The Balaban J connectivity index is 1.10. The first-order valence-corrected chi connectivity index (χ1v) is 16.4. The highest BCUT2D eigenvalue weighted by Crippen LogP contribution is 2.45. The topological polar surface area (TPSA) is 116 Å². The Morgan fingerprint density at radius 1 is 0.857 bits per heavy atom. The summed E-state index contributed by atoms with van der Waals surface area (Å²) >= 11 is 0. The van der Waals surface area contributed by atoms with Crippen molar-refractivity contribution in [1.29, 1.82) is 0 Å². The van der Waals surface area contributed by atoms with Crippen LogP contribution in [-0.2, 0) is 14.4 Å². The van der Waals surface area contributed by atoms with Gasteiger partial charge in [-0.05, 0) is 77.8 Å². The summed E-state index contributed by atoms with van der Waals surface area (Å²) in [6.45, 7) is -0.263. The van der Waals surface area contributed by atoms with Gasteiger partial charge in [0.25, 0.3) is 17.7 Å². The fraction of sp³-hybridized carbons (Fsp3) is 0.263. The van der Waals surface area contributed by atoms with Crippen LogP contribution in [-0.4, -0.2) is 66.3 Å². The molecule has 8 rings (SSSR count). The minimum Gasteiger partial charge on any atom is -0.497 e. The molecule has 49 heavy (non-hydrogen) atoms. The van der Waals surface area contributed by atoms with Crippen LogP contribution in [0, 0.1) is 5.92 Å². The Morgan fingerprint density at radius 2 is 1.57 bits per heavy atom. The van der Waals surface area contributed by atoms with Gasteiger partial charge in [0.05, 0.1) is 31.7 Å². The minimum absolute atomic E-state index is 0.0277. The quantitative estimate of drug-likeness (QED) is 0.227. The molecule has 2 fully saturated rings. The molecule has 4 unspecified atom stereocenters. The zero-order chi connectivity index (χ0) is 33.6. The van der Waals surface area contributed by atoms with Gasteiger partial charge in [0.1, 0.15) is 18.0 Å². The number of rotatable bonds is 7. The molecule has 246 valence electrons. The van der Waals surface area contributed by atoms with E-state index >= 15 is 0 Å². The van der Waals surface area contributed by atoms with E-state index in [2.05, 4.69) is 16.4 Å². The Morgan fingerprint density at radius 3 is 2.33 bits per heavy atom. The van der Waals surface area contributed by atoms with E-state index in [1.807, 2.05) is 84.9 Å². The van der Waals surface area contributed by atoms with Crippen molar-refractivity contribution in [1.82, 2.24) is 10.0 Å². The molecule has 0 radical (unpaired) electrons. The first kappa shape index (κ1) is 30.5. The molecule has 11 nitrogen and oxygen atoms in total. The predicted molar refractivity (Wildman–Crippen MR) is 184 cm³/mol. The summed E-state index contributed by atoms with van der Waals surface area (Å²) in [7, 11) is 3.26. The lowest BCUT2D eigenvalue weighted by atomic mass is 9.77. The lowest BCUT2D eigenvalue weighted by molar-refractivity contribution is -0.136. The van der Waals surface area contributed by atoms with E-state index in [0.29, 0.717) is 11.4 Å². The van der Waals surface area contributed by atoms with Gasteiger partial charge in [0.2, 0.25) is 0 Å². The van der Waals surface area contributed by atoms with Crippen molar-refractivity contribution in [2.24, 2.45) is 21.4 Å². The number of imide groups is 1. The Bertz CT molecular complexity index is 2050. The van der Waals surface area contributed by atoms with Crippen molar-refractivity contribution in [2.45, 2.75) is 37.4 Å². The Hall–Kier alpha value is -5.84. The van der Waals surface area contributed by atoms with Gasteiger partial charge < -0.3 is 9.47 Å². The van der Waals surface area contributed by atoms with Crippen molar-refractivity contribution in [3.63, 3.8) is 0 Å². The highest BCUT2D eigenvalue weighted by atomic mass is 16.5. The molecule has 3 heterocycles. The first-order chi connectivity index (χ1) is 23.9. The van der Waals surface area contributed by atoms with E-state index in [9.17, 15) is 14.4 Å². The number of allylic oxidation sites excluding steroid dienone is 1. The number of carbonyl (C=O) groups is 3. The maximum atomic E-state index is 14.3. The van der Waals surface area contributed by atoms with E-state index < -0.39 is 23.9 Å². The van der Waals surface area contributed by atoms with Gasteiger partial charge in [-0.3, -0.25) is 19.4 Å². The SMILES string of the molecule is COc1ccc(/C=C2/CCCC3C2=NN(C(=O)CN2N=NC4C(=O)N(c5cccc6ccccc56)C(=O)C42)C3c2ccc(OC)cc2)cc1. The van der Waals surface area contributed by atoms with E-state index in [-0.39, 0.29) is 24.4 Å². The summed E-state index contributed by atoms with van der Waals surface area (Å²) in [6, 6.07) is 26.3. The zero-order valence-electron chi connectivity index (χ0n) is 27.1. The number of benzene rings is 4. The minimum atomic E-state index is -1.02. The second-order valence-corrected chi connectivity index (χ2v) is 12.6. The van der Waals surface area contributed by atoms with Crippen LogP contribution >= 0.6 is 0 Å². The highest BCUT2D eigenvalue weighted by molar-refractivity contribution is 6.27. The largest absolute Gasteiger partial charge is 0.497 e. The van der Waals surface area contributed by atoms with Gasteiger partial charge in [0.15, 0.2) is 12.1 Å². The van der Waals surface area contributed by atoms with Crippen LogP contribution in [0.5, 0.6) is 11.5 Å². The number of methoxy groups -OCH3 is 2. The molecule has 0 N–H and O–H groups in total. The number of amides is 3. The van der Waals surface area contributed by atoms with Crippen LogP contribution in [0.25, 0.3) is 16.8 Å². The Kier molecular flexibility index (Phi) is 7.66. The van der Waals surface area contributed by atoms with Crippen LogP contribution in [0.1, 0.15) is 36.4 Å². The summed E-state index contributed by atoms with van der Waals surface area (Å²) in [5.41, 5.74) is 4.41. The van der Waals surface area contributed by atoms with Crippen molar-refractivity contribution in [3.05, 3.63) is 108 Å². The molecule has 0 spiro atoms. The van der Waals surface area contributed by atoms with Gasteiger partial charge in [-0.25, -0.2) is 9.91 Å². The number of nitrogens with zero attached hydrogens (tertiary/aromatic N) is 6. The molecule has 4 aromatic rings. The summed E-state index contributed by atoms with van der Waals surface area (Å²) in [5.74, 6) is 0.217. The molecule has 4 aliphatic rings. The molecule has 4 atom stereocenters. The third-order valence-electron chi connectivity index (χ3n) is 9.83. The average Bonchev–Trinajstić information content (AvgIpc) is 3.81. The molecule has 1 saturated heterocycles. The lowest BCUT2D eigenvalue weighted by Crippen LogP contribution is -2.45. The Labute approximate surface area is 283 Å². The number of hydrazone groups is 1. The second kappa shape index (κ2) is 12.3. The normalized spacial score (nSPS) is 23.7. The van der Waals surface area contributed by atoms with Gasteiger partial charge in [-0.15, -0.1) is 0 Å². The number of carbonyl (C=O) groups excluding carboxylic acids is 3. The molecule has 0 aromatic heterocycles. The van der Waals surface area contributed by atoms with E-state index in [4.69, 9.17) is 14.6 Å². The number of fused-ring (bicyclic) bond motifs is 3. The number of hydrogen-bond donors (Lipinski definition) is 0. The fourth-order valence-corrected chi connectivity index (χ4v) is 7.45.